The minimum atomic E-state index is -1.06. The van der Waals surface area contributed by atoms with Gasteiger partial charge in [0.05, 0.1) is 6.61 Å². The van der Waals surface area contributed by atoms with E-state index < -0.39 is 5.97 Å². The average molecular weight is 275 g/mol. The Hall–Kier alpha value is -1.85. The number of rotatable bonds is 5. The maximum Gasteiger partial charge on any atom is 0.371 e. The van der Waals surface area contributed by atoms with Crippen molar-refractivity contribution in [2.45, 2.75) is 31.3 Å². The van der Waals surface area contributed by atoms with Crippen molar-refractivity contribution in [2.75, 3.05) is 6.61 Å². The van der Waals surface area contributed by atoms with Crippen LogP contribution in [0.25, 0.3) is 11.0 Å². The summed E-state index contributed by atoms with van der Waals surface area (Å²) in [7, 11) is 0. The highest BCUT2D eigenvalue weighted by Gasteiger charge is 2.35. The molecule has 1 heterocycles. The predicted octanol–water partition coefficient (Wildman–Crippen LogP) is 2.14. The third kappa shape index (κ3) is 2.30. The Labute approximate surface area is 116 Å². The van der Waals surface area contributed by atoms with E-state index in [0.717, 1.165) is 30.2 Å². The third-order valence-electron chi connectivity index (χ3n) is 4.07. The number of carboxylic acids is 1. The zero-order valence-corrected chi connectivity index (χ0v) is 11.1. The van der Waals surface area contributed by atoms with Gasteiger partial charge in [0.1, 0.15) is 5.58 Å². The Kier molecular flexibility index (Phi) is 3.23. The number of carboxylic acid groups (broad SMARTS) is 1. The number of fused-ring (bicyclic) bond motifs is 1. The van der Waals surface area contributed by atoms with Crippen molar-refractivity contribution in [3.8, 4) is 0 Å². The molecular formula is C15H17NO4. The minimum absolute atomic E-state index is 0.0454. The quantitative estimate of drug-likeness (QED) is 0.778. The molecule has 1 aliphatic rings. The summed E-state index contributed by atoms with van der Waals surface area (Å²) < 4.78 is 5.22. The summed E-state index contributed by atoms with van der Waals surface area (Å²) in [6, 6.07) is 7.15. The molecule has 0 saturated heterocycles. The number of furan rings is 1. The summed E-state index contributed by atoms with van der Waals surface area (Å²) in [5.74, 6) is -1.11. The van der Waals surface area contributed by atoms with Crippen molar-refractivity contribution in [3.05, 3.63) is 35.6 Å². The normalized spacial score (nSPS) is 17.1. The van der Waals surface area contributed by atoms with E-state index in [-0.39, 0.29) is 17.9 Å². The lowest BCUT2D eigenvalue weighted by atomic mass is 9.77. The second-order valence-corrected chi connectivity index (χ2v) is 5.43. The highest BCUT2D eigenvalue weighted by Crippen LogP contribution is 2.31. The lowest BCUT2D eigenvalue weighted by molar-refractivity contribution is 0.0665. The lowest BCUT2D eigenvalue weighted by Crippen LogP contribution is -2.53. The number of carbonyl (C=O) groups is 1. The van der Waals surface area contributed by atoms with Crippen LogP contribution in [0.2, 0.25) is 0 Å². The van der Waals surface area contributed by atoms with Gasteiger partial charge in [-0.25, -0.2) is 4.79 Å². The Morgan fingerprint density at radius 3 is 2.75 bits per heavy atom. The van der Waals surface area contributed by atoms with Crippen LogP contribution in [0.3, 0.4) is 0 Å². The molecule has 1 aromatic heterocycles. The van der Waals surface area contributed by atoms with Gasteiger partial charge in [0.2, 0.25) is 5.76 Å². The Bertz CT molecular complexity index is 637. The number of aromatic carboxylic acids is 1. The predicted molar refractivity (Wildman–Crippen MR) is 73.7 cm³/mol. The molecule has 0 unspecified atom stereocenters. The molecule has 0 atom stereocenters. The van der Waals surface area contributed by atoms with Gasteiger partial charge in [0, 0.05) is 17.5 Å². The van der Waals surface area contributed by atoms with Crippen molar-refractivity contribution in [1.82, 2.24) is 5.32 Å². The zero-order valence-electron chi connectivity index (χ0n) is 11.1. The highest BCUT2D eigenvalue weighted by atomic mass is 16.4. The van der Waals surface area contributed by atoms with Gasteiger partial charge >= 0.3 is 5.97 Å². The standard InChI is InChI=1S/C15H17NO4/c17-9-15(4-1-5-15)16-8-10-2-3-12-11(6-10)7-13(20-12)14(18)19/h2-3,6-7,16-17H,1,4-5,8-9H2,(H,18,19). The molecule has 1 fully saturated rings. The van der Waals surface area contributed by atoms with E-state index in [1.54, 1.807) is 6.07 Å². The summed E-state index contributed by atoms with van der Waals surface area (Å²) in [4.78, 5) is 10.9. The number of aliphatic hydroxyl groups is 1. The maximum atomic E-state index is 10.9. The first-order valence-electron chi connectivity index (χ1n) is 6.74. The van der Waals surface area contributed by atoms with Crippen molar-refractivity contribution >= 4 is 16.9 Å². The molecule has 1 aliphatic carbocycles. The van der Waals surface area contributed by atoms with Crippen LogP contribution >= 0.6 is 0 Å². The smallest absolute Gasteiger partial charge is 0.371 e. The second-order valence-electron chi connectivity index (χ2n) is 5.43. The molecule has 1 aromatic carbocycles. The van der Waals surface area contributed by atoms with E-state index in [0.29, 0.717) is 12.1 Å². The molecule has 3 N–H and O–H groups in total. The van der Waals surface area contributed by atoms with Crippen LogP contribution in [0.5, 0.6) is 0 Å². The van der Waals surface area contributed by atoms with Crippen molar-refractivity contribution in [3.63, 3.8) is 0 Å². The van der Waals surface area contributed by atoms with E-state index in [1.807, 2.05) is 12.1 Å². The molecule has 5 nitrogen and oxygen atoms in total. The molecule has 5 heteroatoms. The van der Waals surface area contributed by atoms with Crippen LogP contribution < -0.4 is 5.32 Å². The fraction of sp³-hybridized carbons (Fsp3) is 0.400. The Morgan fingerprint density at radius 2 is 2.15 bits per heavy atom. The van der Waals surface area contributed by atoms with Crippen LogP contribution in [-0.2, 0) is 6.54 Å². The zero-order chi connectivity index (χ0) is 14.2. The summed E-state index contributed by atoms with van der Waals surface area (Å²) >= 11 is 0. The SMILES string of the molecule is O=C(O)c1cc2cc(CNC3(CO)CCC3)ccc2o1. The molecule has 0 spiro atoms. The van der Waals surface area contributed by atoms with Crippen LogP contribution in [0, 0.1) is 0 Å². The Morgan fingerprint density at radius 1 is 1.35 bits per heavy atom. The average Bonchev–Trinajstić information content (AvgIpc) is 2.81. The van der Waals surface area contributed by atoms with Crippen molar-refractivity contribution in [2.24, 2.45) is 0 Å². The van der Waals surface area contributed by atoms with Gasteiger partial charge in [-0.05, 0) is 43.0 Å². The monoisotopic (exact) mass is 275 g/mol. The van der Waals surface area contributed by atoms with E-state index >= 15 is 0 Å². The van der Waals surface area contributed by atoms with Gasteiger partial charge < -0.3 is 19.9 Å². The lowest BCUT2D eigenvalue weighted by Gasteiger charge is -2.41. The van der Waals surface area contributed by atoms with Gasteiger partial charge in [0.25, 0.3) is 0 Å². The largest absolute Gasteiger partial charge is 0.475 e. The van der Waals surface area contributed by atoms with E-state index in [2.05, 4.69) is 5.32 Å². The fourth-order valence-corrected chi connectivity index (χ4v) is 2.59. The molecule has 1 saturated carbocycles. The fourth-order valence-electron chi connectivity index (χ4n) is 2.59. The topological polar surface area (TPSA) is 82.7 Å². The third-order valence-corrected chi connectivity index (χ3v) is 4.07. The number of hydrogen-bond donors (Lipinski definition) is 3. The van der Waals surface area contributed by atoms with E-state index in [9.17, 15) is 9.90 Å². The molecule has 0 radical (unpaired) electrons. The second kappa shape index (κ2) is 4.92. The first kappa shape index (κ1) is 13.1. The molecule has 2 aromatic rings. The molecule has 0 amide bonds. The van der Waals surface area contributed by atoms with Gasteiger partial charge in [-0.3, -0.25) is 0 Å². The van der Waals surface area contributed by atoms with Gasteiger partial charge in [-0.1, -0.05) is 6.07 Å². The van der Waals surface area contributed by atoms with Crippen molar-refractivity contribution < 1.29 is 19.4 Å². The number of aliphatic hydroxyl groups excluding tert-OH is 1. The summed E-state index contributed by atoms with van der Waals surface area (Å²) in [5.41, 5.74) is 1.50. The number of benzene rings is 1. The molecule has 20 heavy (non-hydrogen) atoms. The summed E-state index contributed by atoms with van der Waals surface area (Å²) in [5, 5.41) is 22.5. The first-order valence-corrected chi connectivity index (χ1v) is 6.74. The Balaban J connectivity index is 1.77. The van der Waals surface area contributed by atoms with E-state index in [1.165, 1.54) is 6.07 Å². The van der Waals surface area contributed by atoms with Crippen LogP contribution in [0.15, 0.2) is 28.7 Å². The summed E-state index contributed by atoms with van der Waals surface area (Å²) in [6.07, 6.45) is 3.15. The van der Waals surface area contributed by atoms with E-state index in [4.69, 9.17) is 9.52 Å². The maximum absolute atomic E-state index is 10.9. The minimum Gasteiger partial charge on any atom is -0.475 e. The molecule has 3 rings (SSSR count). The van der Waals surface area contributed by atoms with Crippen LogP contribution in [0.4, 0.5) is 0 Å². The van der Waals surface area contributed by atoms with Crippen LogP contribution in [-0.4, -0.2) is 28.3 Å². The number of nitrogens with one attached hydrogen (secondary N) is 1. The first-order chi connectivity index (χ1) is 9.62. The molecule has 106 valence electrons. The van der Waals surface area contributed by atoms with Gasteiger partial charge in [-0.15, -0.1) is 0 Å². The molecule has 0 aliphatic heterocycles. The van der Waals surface area contributed by atoms with Gasteiger partial charge in [-0.2, -0.15) is 0 Å². The molecular weight excluding hydrogens is 258 g/mol. The number of hydrogen-bond acceptors (Lipinski definition) is 4. The van der Waals surface area contributed by atoms with Crippen LogP contribution in [0.1, 0.15) is 35.4 Å². The highest BCUT2D eigenvalue weighted by molar-refractivity contribution is 5.91. The summed E-state index contributed by atoms with van der Waals surface area (Å²) in [6.45, 7) is 0.814. The molecule has 0 bridgehead atoms. The van der Waals surface area contributed by atoms with Crippen molar-refractivity contribution in [1.29, 1.82) is 0 Å². The van der Waals surface area contributed by atoms with Gasteiger partial charge in [0.15, 0.2) is 0 Å².